The molecule has 3 heterocycles. The maximum Gasteiger partial charge on any atom is 0.238 e. The van der Waals surface area contributed by atoms with Crippen molar-refractivity contribution >= 4 is 43.6 Å². The van der Waals surface area contributed by atoms with Gasteiger partial charge in [0.05, 0.1) is 22.1 Å². The lowest BCUT2D eigenvalue weighted by atomic mass is 10.0. The van der Waals surface area contributed by atoms with Crippen LogP contribution < -0.4 is 0 Å². The van der Waals surface area contributed by atoms with Gasteiger partial charge in [-0.2, -0.15) is 9.97 Å². The summed E-state index contributed by atoms with van der Waals surface area (Å²) in [6.07, 6.45) is 0. The first-order valence-corrected chi connectivity index (χ1v) is 20.9. The predicted molar refractivity (Wildman–Crippen MR) is 256 cm³/mol. The van der Waals surface area contributed by atoms with Gasteiger partial charge in [-0.25, -0.2) is 4.98 Å². The molecule has 0 N–H and O–H groups in total. The summed E-state index contributed by atoms with van der Waals surface area (Å²) in [7, 11) is 0. The van der Waals surface area contributed by atoms with E-state index >= 15 is 0 Å². The van der Waals surface area contributed by atoms with Gasteiger partial charge in [-0.1, -0.05) is 200 Å². The molecule has 0 fully saturated rings. The van der Waals surface area contributed by atoms with Crippen molar-refractivity contribution in [3.63, 3.8) is 0 Å². The number of fused-ring (bicyclic) bond motifs is 7. The number of para-hydroxylation sites is 2. The highest BCUT2D eigenvalue weighted by Gasteiger charge is 2.23. The summed E-state index contributed by atoms with van der Waals surface area (Å²) in [5.41, 5.74) is 14.1. The van der Waals surface area contributed by atoms with Gasteiger partial charge in [0.2, 0.25) is 5.95 Å². The summed E-state index contributed by atoms with van der Waals surface area (Å²) in [5.74, 6) is 1.76. The van der Waals surface area contributed by atoms with E-state index in [2.05, 4.69) is 221 Å². The maximum atomic E-state index is 5.39. The molecule has 0 atom stereocenters. The second kappa shape index (κ2) is 14.7. The fourth-order valence-corrected chi connectivity index (χ4v) is 9.04. The molecule has 9 aromatic carbocycles. The first-order valence-electron chi connectivity index (χ1n) is 20.9. The molecule has 3 aromatic heterocycles. The minimum absolute atomic E-state index is 0.554. The Labute approximate surface area is 358 Å². The molecule has 0 bridgehead atoms. The maximum absolute atomic E-state index is 5.39. The molecular formula is C57H37N5. The van der Waals surface area contributed by atoms with E-state index in [1.54, 1.807) is 0 Å². The third kappa shape index (κ3) is 5.98. The van der Waals surface area contributed by atoms with Gasteiger partial charge in [-0.3, -0.25) is 4.57 Å². The molecule has 62 heavy (non-hydrogen) atoms. The van der Waals surface area contributed by atoms with Crippen LogP contribution in [0.4, 0.5) is 0 Å². The first kappa shape index (κ1) is 35.5. The lowest BCUT2D eigenvalue weighted by Crippen LogP contribution is -2.07. The Bertz CT molecular complexity index is 3490. The predicted octanol–water partition coefficient (Wildman–Crippen LogP) is 14.4. The molecule has 5 heteroatoms. The van der Waals surface area contributed by atoms with E-state index in [-0.39, 0.29) is 0 Å². The molecule has 5 nitrogen and oxygen atoms in total. The molecule has 12 aromatic rings. The van der Waals surface area contributed by atoms with Crippen molar-refractivity contribution in [2.45, 2.75) is 0 Å². The van der Waals surface area contributed by atoms with Crippen molar-refractivity contribution < 1.29 is 0 Å². The van der Waals surface area contributed by atoms with Gasteiger partial charge in [-0.05, 0) is 57.6 Å². The summed E-state index contributed by atoms with van der Waals surface area (Å²) in [6.45, 7) is 0. The van der Waals surface area contributed by atoms with Crippen LogP contribution >= 0.6 is 0 Å². The second-order valence-corrected chi connectivity index (χ2v) is 15.6. The Morgan fingerprint density at radius 1 is 0.258 bits per heavy atom. The smallest absolute Gasteiger partial charge is 0.238 e. The molecule has 0 spiro atoms. The number of benzene rings is 9. The Kier molecular flexibility index (Phi) is 8.42. The SMILES string of the molecule is c1ccc(-c2ccc(-c3nc(-c4ccc(-c5ccccc5)cc4)nc(-n4c5ccccc5c5ccc6c7ccccc7n(-c7cccc(-c8ccccc8)c7)c6c54)n3)cc2)cc1. The van der Waals surface area contributed by atoms with Crippen molar-refractivity contribution in [1.29, 1.82) is 0 Å². The van der Waals surface area contributed by atoms with E-state index in [1.807, 2.05) is 12.1 Å². The second-order valence-electron chi connectivity index (χ2n) is 15.6. The zero-order valence-electron chi connectivity index (χ0n) is 33.6. The van der Waals surface area contributed by atoms with Gasteiger partial charge < -0.3 is 4.57 Å². The van der Waals surface area contributed by atoms with Crippen molar-refractivity contribution in [2.75, 3.05) is 0 Å². The topological polar surface area (TPSA) is 48.5 Å². The monoisotopic (exact) mass is 791 g/mol. The van der Waals surface area contributed by atoms with Crippen molar-refractivity contribution in [1.82, 2.24) is 24.1 Å². The molecule has 0 unspecified atom stereocenters. The van der Waals surface area contributed by atoms with Crippen LogP contribution in [0.3, 0.4) is 0 Å². The normalized spacial score (nSPS) is 11.5. The highest BCUT2D eigenvalue weighted by atomic mass is 15.2. The molecule has 0 saturated heterocycles. The van der Waals surface area contributed by atoms with E-state index in [9.17, 15) is 0 Å². The third-order valence-electron chi connectivity index (χ3n) is 12.0. The Morgan fingerprint density at radius 3 is 1.16 bits per heavy atom. The Hall–Kier alpha value is -8.41. The highest BCUT2D eigenvalue weighted by Crippen LogP contribution is 2.42. The number of hydrogen-bond acceptors (Lipinski definition) is 3. The quantitative estimate of drug-likeness (QED) is 0.162. The van der Waals surface area contributed by atoms with Gasteiger partial charge in [0.15, 0.2) is 11.6 Å². The molecule has 0 amide bonds. The summed E-state index contributed by atoms with van der Waals surface area (Å²) < 4.78 is 4.68. The van der Waals surface area contributed by atoms with Gasteiger partial charge >= 0.3 is 0 Å². The van der Waals surface area contributed by atoms with Crippen LogP contribution in [0.2, 0.25) is 0 Å². The minimum atomic E-state index is 0.554. The van der Waals surface area contributed by atoms with Crippen LogP contribution in [0.15, 0.2) is 224 Å². The molecular weight excluding hydrogens is 755 g/mol. The fraction of sp³-hybridized carbons (Fsp3) is 0. The lowest BCUT2D eigenvalue weighted by molar-refractivity contribution is 0.953. The van der Waals surface area contributed by atoms with Crippen LogP contribution in [0.5, 0.6) is 0 Å². The number of nitrogens with zero attached hydrogens (tertiary/aromatic N) is 5. The van der Waals surface area contributed by atoms with Gasteiger partial charge in [0.1, 0.15) is 0 Å². The van der Waals surface area contributed by atoms with Crippen molar-refractivity contribution in [2.24, 2.45) is 0 Å². The summed E-state index contributed by atoms with van der Waals surface area (Å²) >= 11 is 0. The van der Waals surface area contributed by atoms with Crippen LogP contribution in [0, 0.1) is 0 Å². The zero-order chi connectivity index (χ0) is 41.0. The Morgan fingerprint density at radius 2 is 0.645 bits per heavy atom. The molecule has 0 aliphatic heterocycles. The summed E-state index contributed by atoms with van der Waals surface area (Å²) in [5, 5.41) is 4.59. The van der Waals surface area contributed by atoms with E-state index in [0.717, 1.165) is 82.9 Å². The molecule has 0 aliphatic rings. The molecule has 12 rings (SSSR count). The molecule has 290 valence electrons. The Balaban J connectivity index is 1.13. The standard InChI is InChI=1S/C57H37N5/c1-4-15-38(16-5-1)41-27-31-43(32-28-41)55-58-56(44-33-29-42(30-34-44)39-17-6-2-7-18-39)60-57(59-55)62-52-26-13-11-24-48(52)50-36-35-49-47-23-10-12-25-51(47)61(53(49)54(50)62)46-22-14-21-45(37-46)40-19-8-3-9-20-40/h1-37H. The zero-order valence-corrected chi connectivity index (χ0v) is 33.6. The van der Waals surface area contributed by atoms with Crippen LogP contribution in [-0.2, 0) is 0 Å². The largest absolute Gasteiger partial charge is 0.307 e. The third-order valence-corrected chi connectivity index (χ3v) is 12.0. The number of hydrogen-bond donors (Lipinski definition) is 0. The number of rotatable bonds is 7. The molecule has 0 radical (unpaired) electrons. The van der Waals surface area contributed by atoms with Gasteiger partial charge in [0.25, 0.3) is 0 Å². The first-order chi connectivity index (χ1) is 30.7. The van der Waals surface area contributed by atoms with Crippen LogP contribution in [0.25, 0.3) is 111 Å². The van der Waals surface area contributed by atoms with E-state index < -0.39 is 0 Å². The van der Waals surface area contributed by atoms with E-state index in [1.165, 1.54) is 10.9 Å². The summed E-state index contributed by atoms with van der Waals surface area (Å²) in [6, 6.07) is 79.2. The summed E-state index contributed by atoms with van der Waals surface area (Å²) in [4.78, 5) is 16.0. The van der Waals surface area contributed by atoms with E-state index in [4.69, 9.17) is 15.0 Å². The lowest BCUT2D eigenvalue weighted by Gasteiger charge is -2.14. The average Bonchev–Trinajstić information content (AvgIpc) is 3.88. The van der Waals surface area contributed by atoms with E-state index in [0.29, 0.717) is 17.6 Å². The molecule has 0 saturated carbocycles. The molecule has 0 aliphatic carbocycles. The highest BCUT2D eigenvalue weighted by molar-refractivity contribution is 6.23. The van der Waals surface area contributed by atoms with Crippen molar-refractivity contribution in [3.05, 3.63) is 224 Å². The van der Waals surface area contributed by atoms with Crippen molar-refractivity contribution in [3.8, 4) is 67.8 Å². The van der Waals surface area contributed by atoms with Crippen LogP contribution in [0.1, 0.15) is 0 Å². The minimum Gasteiger partial charge on any atom is -0.307 e. The average molecular weight is 792 g/mol. The van der Waals surface area contributed by atoms with Gasteiger partial charge in [0, 0.05) is 38.4 Å². The fourth-order valence-electron chi connectivity index (χ4n) is 9.04. The number of aromatic nitrogens is 5. The van der Waals surface area contributed by atoms with Gasteiger partial charge in [-0.15, -0.1) is 0 Å². The van der Waals surface area contributed by atoms with Crippen LogP contribution in [-0.4, -0.2) is 24.1 Å².